The molecule has 2 aromatic rings. The molecular formula is C21H26ClFN2O. The lowest BCUT2D eigenvalue weighted by atomic mass is 10.1. The van der Waals surface area contributed by atoms with E-state index < -0.39 is 0 Å². The predicted molar refractivity (Wildman–Crippen MR) is 104 cm³/mol. The van der Waals surface area contributed by atoms with Crippen LogP contribution in [0.5, 0.6) is 0 Å². The first-order valence-corrected chi connectivity index (χ1v) is 9.48. The van der Waals surface area contributed by atoms with Gasteiger partial charge in [-0.15, -0.1) is 0 Å². The minimum Gasteiger partial charge on any atom is -0.373 e. The molecule has 1 N–H and O–H groups in total. The molecule has 3 nitrogen and oxygen atoms in total. The van der Waals surface area contributed by atoms with E-state index in [1.165, 1.54) is 17.2 Å². The zero-order chi connectivity index (χ0) is 18.5. The van der Waals surface area contributed by atoms with Crippen molar-refractivity contribution in [2.75, 3.05) is 13.1 Å². The van der Waals surface area contributed by atoms with Crippen molar-refractivity contribution in [3.63, 3.8) is 0 Å². The van der Waals surface area contributed by atoms with Gasteiger partial charge in [0.1, 0.15) is 5.82 Å². The number of morpholine rings is 1. The molecule has 1 fully saturated rings. The van der Waals surface area contributed by atoms with Gasteiger partial charge < -0.3 is 10.1 Å². The quantitative estimate of drug-likeness (QED) is 0.809. The van der Waals surface area contributed by atoms with E-state index in [-0.39, 0.29) is 18.0 Å². The topological polar surface area (TPSA) is 24.5 Å². The van der Waals surface area contributed by atoms with E-state index in [1.54, 1.807) is 12.1 Å². The van der Waals surface area contributed by atoms with Gasteiger partial charge in [0.15, 0.2) is 0 Å². The molecule has 0 bridgehead atoms. The number of nitrogens with one attached hydrogen (secondary N) is 1. The molecule has 1 heterocycles. The third-order valence-corrected chi connectivity index (χ3v) is 4.97. The molecule has 0 radical (unpaired) electrons. The maximum atomic E-state index is 13.8. The summed E-state index contributed by atoms with van der Waals surface area (Å²) < 4.78 is 19.6. The molecule has 3 rings (SSSR count). The van der Waals surface area contributed by atoms with Crippen molar-refractivity contribution >= 4 is 11.6 Å². The van der Waals surface area contributed by atoms with Gasteiger partial charge in [-0.3, -0.25) is 4.90 Å². The van der Waals surface area contributed by atoms with Crippen LogP contribution in [0.25, 0.3) is 0 Å². The lowest BCUT2D eigenvalue weighted by molar-refractivity contribution is -0.0704. The van der Waals surface area contributed by atoms with Crippen LogP contribution < -0.4 is 5.32 Å². The normalized spacial score (nSPS) is 21.1. The van der Waals surface area contributed by atoms with E-state index in [1.807, 2.05) is 0 Å². The van der Waals surface area contributed by atoms with E-state index in [0.717, 1.165) is 19.6 Å². The molecule has 1 aliphatic rings. The van der Waals surface area contributed by atoms with Crippen LogP contribution in [0, 0.1) is 5.82 Å². The third-order valence-electron chi connectivity index (χ3n) is 4.62. The highest BCUT2D eigenvalue weighted by Gasteiger charge is 2.21. The molecule has 2 aromatic carbocycles. The van der Waals surface area contributed by atoms with Crippen molar-refractivity contribution in [3.8, 4) is 0 Å². The number of hydrogen-bond acceptors (Lipinski definition) is 3. The number of nitrogens with zero attached hydrogens (tertiary/aromatic N) is 1. The Morgan fingerprint density at radius 1 is 1.04 bits per heavy atom. The number of ether oxygens (including phenoxy) is 1. The Labute approximate surface area is 160 Å². The fourth-order valence-electron chi connectivity index (χ4n) is 3.47. The van der Waals surface area contributed by atoms with E-state index >= 15 is 0 Å². The van der Waals surface area contributed by atoms with Gasteiger partial charge in [-0.05, 0) is 37.1 Å². The molecule has 1 aliphatic heterocycles. The van der Waals surface area contributed by atoms with E-state index in [0.29, 0.717) is 23.7 Å². The summed E-state index contributed by atoms with van der Waals surface area (Å²) >= 11 is 6.05. The largest absolute Gasteiger partial charge is 0.373 e. The highest BCUT2D eigenvalue weighted by Crippen LogP contribution is 2.19. The first-order chi connectivity index (χ1) is 12.5. The fourth-order valence-corrected chi connectivity index (χ4v) is 3.70. The second kappa shape index (κ2) is 8.96. The fraction of sp³-hybridized carbons (Fsp3) is 0.429. The molecule has 0 spiro atoms. The van der Waals surface area contributed by atoms with Gasteiger partial charge in [-0.25, -0.2) is 4.39 Å². The molecule has 2 atom stereocenters. The predicted octanol–water partition coefficient (Wildman–Crippen LogP) is 4.38. The minimum absolute atomic E-state index is 0.269. The van der Waals surface area contributed by atoms with Crippen molar-refractivity contribution in [3.05, 3.63) is 70.0 Å². The molecule has 0 aromatic heterocycles. The molecule has 1 saturated heterocycles. The summed E-state index contributed by atoms with van der Waals surface area (Å²) in [7, 11) is 0. The average Bonchev–Trinajstić information content (AvgIpc) is 2.58. The summed E-state index contributed by atoms with van der Waals surface area (Å²) in [6, 6.07) is 13.3. The van der Waals surface area contributed by atoms with Crippen molar-refractivity contribution < 1.29 is 9.13 Å². The monoisotopic (exact) mass is 376 g/mol. The Morgan fingerprint density at radius 3 is 2.35 bits per heavy atom. The summed E-state index contributed by atoms with van der Waals surface area (Å²) in [4.78, 5) is 2.44. The lowest BCUT2D eigenvalue weighted by Crippen LogP contribution is -2.44. The number of halogens is 2. The highest BCUT2D eigenvalue weighted by atomic mass is 35.5. The summed E-state index contributed by atoms with van der Waals surface area (Å²) in [6.45, 7) is 8.22. The smallest absolute Gasteiger partial charge is 0.129 e. The Balaban J connectivity index is 1.50. The Hall–Kier alpha value is -1.46. The van der Waals surface area contributed by atoms with Crippen LogP contribution >= 0.6 is 11.6 Å². The zero-order valence-corrected chi connectivity index (χ0v) is 16.1. The molecule has 5 heteroatoms. The Kier molecular flexibility index (Phi) is 6.65. The highest BCUT2D eigenvalue weighted by molar-refractivity contribution is 6.31. The summed E-state index contributed by atoms with van der Waals surface area (Å²) in [5, 5.41) is 3.72. The maximum absolute atomic E-state index is 13.8. The molecule has 26 heavy (non-hydrogen) atoms. The SMILES string of the molecule is CC1CN(Cc2ccc(CNCc3c(F)cccc3Cl)cc2)CC(C)O1. The first-order valence-electron chi connectivity index (χ1n) is 9.10. The van der Waals surface area contributed by atoms with Gasteiger partial charge in [0, 0.05) is 43.3 Å². The van der Waals surface area contributed by atoms with Crippen molar-refractivity contribution in [2.45, 2.75) is 45.7 Å². The van der Waals surface area contributed by atoms with Gasteiger partial charge in [0.05, 0.1) is 12.2 Å². The van der Waals surface area contributed by atoms with Crippen molar-refractivity contribution in [1.82, 2.24) is 10.2 Å². The van der Waals surface area contributed by atoms with Gasteiger partial charge >= 0.3 is 0 Å². The number of rotatable bonds is 6. The van der Waals surface area contributed by atoms with Crippen LogP contribution in [0.3, 0.4) is 0 Å². The molecule has 0 amide bonds. The van der Waals surface area contributed by atoms with Crippen LogP contribution in [0.4, 0.5) is 4.39 Å². The van der Waals surface area contributed by atoms with E-state index in [2.05, 4.69) is 48.3 Å². The summed E-state index contributed by atoms with van der Waals surface area (Å²) in [6.07, 6.45) is 0.569. The Morgan fingerprint density at radius 2 is 1.69 bits per heavy atom. The molecule has 140 valence electrons. The second-order valence-electron chi connectivity index (χ2n) is 7.07. The molecular weight excluding hydrogens is 351 g/mol. The zero-order valence-electron chi connectivity index (χ0n) is 15.3. The van der Waals surface area contributed by atoms with Gasteiger partial charge in [-0.1, -0.05) is 41.9 Å². The van der Waals surface area contributed by atoms with E-state index in [4.69, 9.17) is 16.3 Å². The van der Waals surface area contributed by atoms with Gasteiger partial charge in [0.2, 0.25) is 0 Å². The second-order valence-corrected chi connectivity index (χ2v) is 7.48. The number of benzene rings is 2. The van der Waals surface area contributed by atoms with Crippen LogP contribution in [-0.2, 0) is 24.4 Å². The van der Waals surface area contributed by atoms with Crippen LogP contribution in [0.15, 0.2) is 42.5 Å². The lowest BCUT2D eigenvalue weighted by Gasteiger charge is -2.35. The van der Waals surface area contributed by atoms with Gasteiger partial charge in [0.25, 0.3) is 0 Å². The van der Waals surface area contributed by atoms with Gasteiger partial charge in [-0.2, -0.15) is 0 Å². The van der Waals surface area contributed by atoms with Crippen molar-refractivity contribution in [2.24, 2.45) is 0 Å². The first kappa shape index (κ1) is 19.3. The average molecular weight is 377 g/mol. The summed E-state index contributed by atoms with van der Waals surface area (Å²) in [5.74, 6) is -0.269. The summed E-state index contributed by atoms with van der Waals surface area (Å²) in [5.41, 5.74) is 2.98. The third kappa shape index (κ3) is 5.27. The standard InChI is InChI=1S/C21H26ClFN2O/c1-15-12-25(13-16(2)26-15)14-18-8-6-17(7-9-18)10-24-11-19-20(22)4-3-5-21(19)23/h3-9,15-16,24H,10-14H2,1-2H3. The van der Waals surface area contributed by atoms with Crippen LogP contribution in [-0.4, -0.2) is 30.2 Å². The van der Waals surface area contributed by atoms with Crippen LogP contribution in [0.1, 0.15) is 30.5 Å². The number of hydrogen-bond donors (Lipinski definition) is 1. The molecule has 2 unspecified atom stereocenters. The van der Waals surface area contributed by atoms with E-state index in [9.17, 15) is 4.39 Å². The van der Waals surface area contributed by atoms with Crippen molar-refractivity contribution in [1.29, 1.82) is 0 Å². The molecule has 0 saturated carbocycles. The minimum atomic E-state index is -0.269. The maximum Gasteiger partial charge on any atom is 0.129 e. The van der Waals surface area contributed by atoms with Crippen LogP contribution in [0.2, 0.25) is 5.02 Å². The molecule has 0 aliphatic carbocycles. The Bertz CT molecular complexity index is 692.